The topological polar surface area (TPSA) is 63.2 Å². The SMILES string of the molecule is Cc1cc(C)c(SCC(=O)N[C@@H]2CS(=O)(=O)C[C@H]2Cl)c(C)c1. The van der Waals surface area contributed by atoms with Crippen molar-refractivity contribution in [2.24, 2.45) is 0 Å². The van der Waals surface area contributed by atoms with E-state index in [2.05, 4.69) is 17.4 Å². The minimum atomic E-state index is -3.13. The molecule has 1 heterocycles. The molecule has 2 rings (SSSR count). The van der Waals surface area contributed by atoms with Gasteiger partial charge in [-0.1, -0.05) is 17.7 Å². The first kappa shape index (κ1) is 17.6. The van der Waals surface area contributed by atoms with Crippen molar-refractivity contribution >= 4 is 39.1 Å². The normalized spacial score (nSPS) is 23.5. The minimum Gasteiger partial charge on any atom is -0.350 e. The lowest BCUT2D eigenvalue weighted by atomic mass is 10.1. The molecule has 1 aromatic carbocycles. The van der Waals surface area contributed by atoms with Gasteiger partial charge in [0, 0.05) is 4.90 Å². The van der Waals surface area contributed by atoms with Gasteiger partial charge in [-0.05, 0) is 31.9 Å². The van der Waals surface area contributed by atoms with Crippen molar-refractivity contribution in [2.75, 3.05) is 17.3 Å². The van der Waals surface area contributed by atoms with Crippen molar-refractivity contribution < 1.29 is 13.2 Å². The molecular formula is C15H20ClNO3S2. The van der Waals surface area contributed by atoms with E-state index in [1.165, 1.54) is 17.3 Å². The van der Waals surface area contributed by atoms with Gasteiger partial charge >= 0.3 is 0 Å². The zero-order chi connectivity index (χ0) is 16.5. The fourth-order valence-electron chi connectivity index (χ4n) is 2.72. The lowest BCUT2D eigenvalue weighted by Gasteiger charge is -2.15. The largest absolute Gasteiger partial charge is 0.350 e. The number of carbonyl (C=O) groups excluding carboxylic acids is 1. The number of benzene rings is 1. The van der Waals surface area contributed by atoms with Crippen LogP contribution in [0.3, 0.4) is 0 Å². The number of sulfone groups is 1. The molecule has 1 amide bonds. The van der Waals surface area contributed by atoms with Gasteiger partial charge in [0.2, 0.25) is 5.91 Å². The Labute approximate surface area is 140 Å². The number of alkyl halides is 1. The highest BCUT2D eigenvalue weighted by Gasteiger charge is 2.37. The molecule has 1 N–H and O–H groups in total. The number of hydrogen-bond donors (Lipinski definition) is 1. The van der Waals surface area contributed by atoms with Crippen LogP contribution < -0.4 is 5.32 Å². The van der Waals surface area contributed by atoms with Gasteiger partial charge in [-0.25, -0.2) is 8.42 Å². The lowest BCUT2D eigenvalue weighted by Crippen LogP contribution is -2.41. The van der Waals surface area contributed by atoms with Crippen LogP contribution >= 0.6 is 23.4 Å². The summed E-state index contributed by atoms with van der Waals surface area (Å²) in [7, 11) is -3.13. The maximum atomic E-state index is 12.0. The highest BCUT2D eigenvalue weighted by Crippen LogP contribution is 2.27. The predicted octanol–water partition coefficient (Wildman–Crippen LogP) is 2.22. The number of thioether (sulfide) groups is 1. The summed E-state index contributed by atoms with van der Waals surface area (Å²) in [5.74, 6) is -0.0643. The predicted molar refractivity (Wildman–Crippen MR) is 91.6 cm³/mol. The first-order valence-corrected chi connectivity index (χ1v) is 10.3. The first-order valence-electron chi connectivity index (χ1n) is 7.02. The Morgan fingerprint density at radius 1 is 1.27 bits per heavy atom. The maximum absolute atomic E-state index is 12.0. The van der Waals surface area contributed by atoms with Gasteiger partial charge in [0.15, 0.2) is 9.84 Å². The Kier molecular flexibility index (Phi) is 5.45. The number of aryl methyl sites for hydroxylation is 3. The lowest BCUT2D eigenvalue weighted by molar-refractivity contribution is -0.119. The van der Waals surface area contributed by atoms with Gasteiger partial charge in [-0.3, -0.25) is 4.79 Å². The maximum Gasteiger partial charge on any atom is 0.230 e. The Morgan fingerprint density at radius 3 is 2.36 bits per heavy atom. The van der Waals surface area contributed by atoms with Gasteiger partial charge in [0.25, 0.3) is 0 Å². The van der Waals surface area contributed by atoms with Crippen molar-refractivity contribution in [1.29, 1.82) is 0 Å². The molecule has 1 aromatic rings. The van der Waals surface area contributed by atoms with Gasteiger partial charge in [-0.15, -0.1) is 23.4 Å². The second kappa shape index (κ2) is 6.81. The third-order valence-electron chi connectivity index (χ3n) is 3.58. The molecule has 0 unspecified atom stereocenters. The molecule has 0 aliphatic carbocycles. The summed E-state index contributed by atoms with van der Waals surface area (Å²) in [5.41, 5.74) is 3.49. The Hall–Kier alpha value is -0.720. The van der Waals surface area contributed by atoms with Crippen LogP contribution in [0, 0.1) is 20.8 Å². The van der Waals surface area contributed by atoms with Crippen LogP contribution in [0.2, 0.25) is 0 Å². The zero-order valence-electron chi connectivity index (χ0n) is 12.8. The van der Waals surface area contributed by atoms with Gasteiger partial charge < -0.3 is 5.32 Å². The van der Waals surface area contributed by atoms with Crippen molar-refractivity contribution in [3.63, 3.8) is 0 Å². The molecule has 0 aromatic heterocycles. The van der Waals surface area contributed by atoms with Crippen LogP contribution in [0.15, 0.2) is 17.0 Å². The van der Waals surface area contributed by atoms with Gasteiger partial charge in [-0.2, -0.15) is 0 Å². The molecule has 22 heavy (non-hydrogen) atoms. The van der Waals surface area contributed by atoms with Crippen LogP contribution in [-0.2, 0) is 14.6 Å². The molecule has 1 fully saturated rings. The van der Waals surface area contributed by atoms with E-state index < -0.39 is 21.3 Å². The van der Waals surface area contributed by atoms with E-state index in [1.807, 2.05) is 20.8 Å². The summed E-state index contributed by atoms with van der Waals surface area (Å²) in [4.78, 5) is 13.1. The van der Waals surface area contributed by atoms with Crippen LogP contribution in [-0.4, -0.2) is 43.0 Å². The first-order chi connectivity index (χ1) is 10.2. The summed E-state index contributed by atoms with van der Waals surface area (Å²) in [5, 5.41) is 2.19. The molecule has 7 heteroatoms. The molecule has 0 spiro atoms. The third-order valence-corrected chi connectivity index (χ3v) is 7.30. The van der Waals surface area contributed by atoms with E-state index in [0.29, 0.717) is 0 Å². The van der Waals surface area contributed by atoms with E-state index in [9.17, 15) is 13.2 Å². The number of halogens is 1. The molecule has 0 radical (unpaired) electrons. The van der Waals surface area contributed by atoms with E-state index in [1.54, 1.807) is 0 Å². The molecular weight excluding hydrogens is 342 g/mol. The number of hydrogen-bond acceptors (Lipinski definition) is 4. The number of nitrogens with one attached hydrogen (secondary N) is 1. The standard InChI is InChI=1S/C15H20ClNO3S2/c1-9-4-10(2)15(11(3)5-9)21-6-14(18)17-13-8-22(19,20)7-12(13)16/h4-5,12-13H,6-8H2,1-3H3,(H,17,18)/t12-,13-/m1/s1. The van der Waals surface area contributed by atoms with Gasteiger partial charge in [0.1, 0.15) is 0 Å². The monoisotopic (exact) mass is 361 g/mol. The van der Waals surface area contributed by atoms with E-state index >= 15 is 0 Å². The Morgan fingerprint density at radius 2 is 1.86 bits per heavy atom. The number of carbonyl (C=O) groups is 1. The van der Waals surface area contributed by atoms with Crippen molar-refractivity contribution in [1.82, 2.24) is 5.32 Å². The summed E-state index contributed by atoms with van der Waals surface area (Å²) in [6.07, 6.45) is 0. The molecule has 1 aliphatic rings. The molecule has 1 aliphatic heterocycles. The average molecular weight is 362 g/mol. The summed E-state index contributed by atoms with van der Waals surface area (Å²) < 4.78 is 23.0. The smallest absolute Gasteiger partial charge is 0.230 e. The second-order valence-electron chi connectivity index (χ2n) is 5.78. The van der Waals surface area contributed by atoms with Crippen LogP contribution in [0.4, 0.5) is 0 Å². The Bertz CT molecular complexity index is 665. The van der Waals surface area contributed by atoms with Crippen LogP contribution in [0.1, 0.15) is 16.7 Å². The fourth-order valence-corrected chi connectivity index (χ4v) is 6.20. The fraction of sp³-hybridized carbons (Fsp3) is 0.533. The second-order valence-corrected chi connectivity index (χ2v) is 9.48. The van der Waals surface area contributed by atoms with Crippen LogP contribution in [0.25, 0.3) is 0 Å². The quantitative estimate of drug-likeness (QED) is 0.659. The van der Waals surface area contributed by atoms with E-state index in [4.69, 9.17) is 11.6 Å². The molecule has 4 nitrogen and oxygen atoms in total. The highest BCUT2D eigenvalue weighted by atomic mass is 35.5. The van der Waals surface area contributed by atoms with Crippen molar-refractivity contribution in [3.8, 4) is 0 Å². The Balaban J connectivity index is 1.94. The minimum absolute atomic E-state index is 0.0666. The van der Waals surface area contributed by atoms with Gasteiger partial charge in [0.05, 0.1) is 28.7 Å². The van der Waals surface area contributed by atoms with E-state index in [0.717, 1.165) is 16.0 Å². The van der Waals surface area contributed by atoms with Crippen LogP contribution in [0.5, 0.6) is 0 Å². The summed E-state index contributed by atoms with van der Waals surface area (Å²) >= 11 is 7.46. The summed E-state index contributed by atoms with van der Waals surface area (Å²) in [6.45, 7) is 6.10. The molecule has 1 saturated heterocycles. The summed E-state index contributed by atoms with van der Waals surface area (Å²) in [6, 6.07) is 3.69. The third kappa shape index (κ3) is 4.40. The number of rotatable bonds is 4. The van der Waals surface area contributed by atoms with Crippen molar-refractivity contribution in [3.05, 3.63) is 28.8 Å². The molecule has 0 saturated carbocycles. The molecule has 2 atom stereocenters. The average Bonchev–Trinajstić information content (AvgIpc) is 2.60. The molecule has 0 bridgehead atoms. The number of amides is 1. The van der Waals surface area contributed by atoms with E-state index in [-0.39, 0.29) is 23.2 Å². The van der Waals surface area contributed by atoms with Crippen molar-refractivity contribution in [2.45, 2.75) is 37.1 Å². The zero-order valence-corrected chi connectivity index (χ0v) is 15.2. The highest BCUT2D eigenvalue weighted by molar-refractivity contribution is 8.00. The molecule has 122 valence electrons.